The van der Waals surface area contributed by atoms with Crippen molar-refractivity contribution in [2.75, 3.05) is 40.6 Å². The minimum absolute atomic E-state index is 0.0710. The highest BCUT2D eigenvalue weighted by molar-refractivity contribution is 9.10. The Balaban J connectivity index is 1.77. The Hall–Kier alpha value is -3.40. The first-order chi connectivity index (χ1) is 19.5. The van der Waals surface area contributed by atoms with Gasteiger partial charge in [-0.3, -0.25) is 4.79 Å². The Kier molecular flexibility index (Phi) is 10.6. The van der Waals surface area contributed by atoms with E-state index >= 15 is 0 Å². The van der Waals surface area contributed by atoms with E-state index in [9.17, 15) is 4.79 Å². The topological polar surface area (TPSA) is 98.6 Å². The second kappa shape index (κ2) is 14.3. The zero-order chi connectivity index (χ0) is 28.4. The molecule has 8 nitrogen and oxygen atoms in total. The number of carbonyl (C=O) groups is 1. The van der Waals surface area contributed by atoms with E-state index in [2.05, 4.69) is 21.2 Å². The van der Waals surface area contributed by atoms with Crippen LogP contribution in [0.4, 0.5) is 0 Å². The first kappa shape index (κ1) is 29.6. The van der Waals surface area contributed by atoms with E-state index in [1.54, 1.807) is 14.2 Å². The van der Waals surface area contributed by atoms with Gasteiger partial charge in [-0.05, 0) is 60.0 Å². The summed E-state index contributed by atoms with van der Waals surface area (Å²) in [6.45, 7) is 1.47. The van der Waals surface area contributed by atoms with Crippen LogP contribution in [0.2, 0.25) is 0 Å². The van der Waals surface area contributed by atoms with Crippen molar-refractivity contribution in [3.63, 3.8) is 0 Å². The van der Waals surface area contributed by atoms with Gasteiger partial charge in [0.2, 0.25) is 5.90 Å². The molecule has 3 aromatic carbocycles. The molecule has 0 radical (unpaired) electrons. The second-order valence-corrected chi connectivity index (χ2v) is 10.3. The SMILES string of the molecule is COCCCNC(=O)[C@]1(Cc2ccccc2Br)N=C(c2ccc(OCCCO)cc2)O[C@@H]1c1cccc(OC)c1. The molecule has 0 aromatic heterocycles. The number of nitrogens with one attached hydrogen (secondary N) is 1. The molecule has 2 atom stereocenters. The largest absolute Gasteiger partial charge is 0.497 e. The molecule has 212 valence electrons. The quantitative estimate of drug-likeness (QED) is 0.253. The monoisotopic (exact) mass is 610 g/mol. The number of aliphatic imine (C=N–C) groups is 1. The Bertz CT molecular complexity index is 1300. The van der Waals surface area contributed by atoms with Gasteiger partial charge < -0.3 is 29.4 Å². The zero-order valence-corrected chi connectivity index (χ0v) is 24.4. The van der Waals surface area contributed by atoms with E-state index in [-0.39, 0.29) is 12.5 Å². The van der Waals surface area contributed by atoms with Gasteiger partial charge in [-0.25, -0.2) is 4.99 Å². The van der Waals surface area contributed by atoms with Crippen molar-refractivity contribution >= 4 is 27.7 Å². The van der Waals surface area contributed by atoms with Crippen molar-refractivity contribution < 1.29 is 28.8 Å². The number of halogens is 1. The van der Waals surface area contributed by atoms with Gasteiger partial charge in [0.25, 0.3) is 5.91 Å². The Morgan fingerprint density at radius 2 is 1.82 bits per heavy atom. The summed E-state index contributed by atoms with van der Waals surface area (Å²) in [6.07, 6.45) is 0.814. The third-order valence-electron chi connectivity index (χ3n) is 6.66. The molecule has 1 aliphatic rings. The molecular weight excluding hydrogens is 576 g/mol. The lowest BCUT2D eigenvalue weighted by Crippen LogP contribution is -2.50. The molecule has 0 unspecified atom stereocenters. The van der Waals surface area contributed by atoms with Gasteiger partial charge in [-0.15, -0.1) is 0 Å². The molecule has 9 heteroatoms. The van der Waals surface area contributed by atoms with Gasteiger partial charge in [0.1, 0.15) is 11.5 Å². The molecule has 0 saturated heterocycles. The van der Waals surface area contributed by atoms with Gasteiger partial charge >= 0.3 is 0 Å². The summed E-state index contributed by atoms with van der Waals surface area (Å²) in [5, 5.41) is 12.1. The lowest BCUT2D eigenvalue weighted by molar-refractivity contribution is -0.129. The number of nitrogens with zero attached hydrogens (tertiary/aromatic N) is 1. The van der Waals surface area contributed by atoms with Crippen LogP contribution in [0.3, 0.4) is 0 Å². The predicted octanol–water partition coefficient (Wildman–Crippen LogP) is 4.87. The number of hydrogen-bond donors (Lipinski definition) is 2. The van der Waals surface area contributed by atoms with Crippen molar-refractivity contribution in [1.29, 1.82) is 0 Å². The molecule has 3 aromatic rings. The van der Waals surface area contributed by atoms with Crippen LogP contribution in [-0.4, -0.2) is 63.0 Å². The fourth-order valence-corrected chi connectivity index (χ4v) is 5.02. The van der Waals surface area contributed by atoms with Crippen molar-refractivity contribution in [2.45, 2.75) is 30.9 Å². The van der Waals surface area contributed by atoms with Gasteiger partial charge in [0.05, 0.1) is 13.7 Å². The number of methoxy groups -OCH3 is 2. The molecule has 0 fully saturated rings. The van der Waals surface area contributed by atoms with Crippen LogP contribution in [-0.2, 0) is 20.7 Å². The average molecular weight is 612 g/mol. The molecule has 1 heterocycles. The minimum Gasteiger partial charge on any atom is -0.497 e. The lowest BCUT2D eigenvalue weighted by Gasteiger charge is -2.31. The average Bonchev–Trinajstić information content (AvgIpc) is 3.37. The molecular formula is C31H35BrN2O6. The first-order valence-electron chi connectivity index (χ1n) is 13.3. The van der Waals surface area contributed by atoms with Crippen LogP contribution >= 0.6 is 15.9 Å². The summed E-state index contributed by atoms with van der Waals surface area (Å²) in [5.41, 5.74) is 1.14. The van der Waals surface area contributed by atoms with Crippen molar-refractivity contribution in [1.82, 2.24) is 5.32 Å². The summed E-state index contributed by atoms with van der Waals surface area (Å²) in [6, 6.07) is 22.8. The normalized spacial score (nSPS) is 18.1. The maximum absolute atomic E-state index is 14.1. The fourth-order valence-electron chi connectivity index (χ4n) is 4.59. The highest BCUT2D eigenvalue weighted by Crippen LogP contribution is 2.44. The lowest BCUT2D eigenvalue weighted by atomic mass is 9.82. The molecule has 0 spiro atoms. The first-order valence-corrected chi connectivity index (χ1v) is 14.0. The van der Waals surface area contributed by atoms with Crippen LogP contribution in [0.25, 0.3) is 0 Å². The predicted molar refractivity (Wildman–Crippen MR) is 157 cm³/mol. The van der Waals surface area contributed by atoms with E-state index in [1.807, 2.05) is 72.8 Å². The van der Waals surface area contributed by atoms with Crippen LogP contribution < -0.4 is 14.8 Å². The number of aliphatic hydroxyl groups excluding tert-OH is 1. The number of carbonyl (C=O) groups excluding carboxylic acids is 1. The summed E-state index contributed by atoms with van der Waals surface area (Å²) in [7, 11) is 3.25. The smallest absolute Gasteiger partial charge is 0.252 e. The maximum Gasteiger partial charge on any atom is 0.252 e. The van der Waals surface area contributed by atoms with Gasteiger partial charge in [0.15, 0.2) is 11.6 Å². The van der Waals surface area contributed by atoms with E-state index in [0.717, 1.165) is 21.2 Å². The Morgan fingerprint density at radius 3 is 2.55 bits per heavy atom. The number of amides is 1. The number of hydrogen-bond acceptors (Lipinski definition) is 7. The highest BCUT2D eigenvalue weighted by Gasteiger charge is 2.53. The molecule has 4 rings (SSSR count). The molecule has 0 bridgehead atoms. The molecule has 1 amide bonds. The van der Waals surface area contributed by atoms with Crippen LogP contribution in [0.15, 0.2) is 82.3 Å². The maximum atomic E-state index is 14.1. The molecule has 0 aliphatic carbocycles. The summed E-state index contributed by atoms with van der Waals surface area (Å²) in [4.78, 5) is 19.2. The fraction of sp³-hybridized carbons (Fsp3) is 0.355. The van der Waals surface area contributed by atoms with Crippen LogP contribution in [0, 0.1) is 0 Å². The van der Waals surface area contributed by atoms with Crippen molar-refractivity contribution in [2.24, 2.45) is 4.99 Å². The van der Waals surface area contributed by atoms with Gasteiger partial charge in [0, 0.05) is 49.7 Å². The summed E-state index contributed by atoms with van der Waals surface area (Å²) < 4.78 is 23.8. The Morgan fingerprint density at radius 1 is 1.02 bits per heavy atom. The highest BCUT2D eigenvalue weighted by atomic mass is 79.9. The number of rotatable bonds is 14. The van der Waals surface area contributed by atoms with Gasteiger partial charge in [-0.1, -0.05) is 46.3 Å². The standard InChI is InChI=1S/C31H35BrN2O6/c1-37-18-6-16-33-30(36)31(21-24-8-3-4-11-27(24)32)28(23-9-5-10-26(20-23)38-2)40-29(34-31)22-12-14-25(15-13-22)39-19-7-17-35/h3-5,8-15,20,28,35H,6-7,16-19,21H2,1-2H3,(H,33,36)/t28-,31-/m1/s1. The second-order valence-electron chi connectivity index (χ2n) is 9.44. The minimum atomic E-state index is -1.30. The van der Waals surface area contributed by atoms with Crippen molar-refractivity contribution in [3.8, 4) is 11.5 Å². The number of ether oxygens (including phenoxy) is 4. The molecule has 40 heavy (non-hydrogen) atoms. The Labute approximate surface area is 243 Å². The third-order valence-corrected chi connectivity index (χ3v) is 7.43. The molecule has 2 N–H and O–H groups in total. The molecule has 0 saturated carbocycles. The van der Waals surface area contributed by atoms with E-state index in [4.69, 9.17) is 29.0 Å². The van der Waals surface area contributed by atoms with Gasteiger partial charge in [-0.2, -0.15) is 0 Å². The summed E-state index contributed by atoms with van der Waals surface area (Å²) in [5.74, 6) is 1.48. The van der Waals surface area contributed by atoms with Crippen molar-refractivity contribution in [3.05, 3.63) is 94.0 Å². The van der Waals surface area contributed by atoms with E-state index in [0.29, 0.717) is 56.4 Å². The van der Waals surface area contributed by atoms with E-state index < -0.39 is 11.6 Å². The summed E-state index contributed by atoms with van der Waals surface area (Å²) >= 11 is 3.66. The third kappa shape index (κ3) is 7.02. The van der Waals surface area contributed by atoms with Crippen LogP contribution in [0.5, 0.6) is 11.5 Å². The molecule has 1 aliphatic heterocycles. The van der Waals surface area contributed by atoms with E-state index in [1.165, 1.54) is 0 Å². The number of benzene rings is 3. The zero-order valence-electron chi connectivity index (χ0n) is 22.8. The number of aliphatic hydroxyl groups is 1. The van der Waals surface area contributed by atoms with Crippen LogP contribution in [0.1, 0.15) is 35.6 Å².